The maximum Gasteiger partial charge on any atom is 0.0450 e. The number of nitrogens with one attached hydrogen (secondary N) is 1. The SMILES string of the molecule is c1ccc(C2CN(CC3CC3)C3(CCCC3)CN2)cc1. The number of benzene rings is 1. The molecule has 0 bridgehead atoms. The summed E-state index contributed by atoms with van der Waals surface area (Å²) in [4.78, 5) is 2.87. The summed E-state index contributed by atoms with van der Waals surface area (Å²) in [7, 11) is 0. The van der Waals surface area contributed by atoms with Gasteiger partial charge in [-0.25, -0.2) is 0 Å². The van der Waals surface area contributed by atoms with Crippen LogP contribution < -0.4 is 5.32 Å². The van der Waals surface area contributed by atoms with Gasteiger partial charge in [-0.1, -0.05) is 43.2 Å². The third kappa shape index (κ3) is 2.40. The predicted molar refractivity (Wildman–Crippen MR) is 82.7 cm³/mol. The number of nitrogens with zero attached hydrogens (tertiary/aromatic N) is 1. The zero-order chi connectivity index (χ0) is 13.4. The molecule has 1 spiro atoms. The van der Waals surface area contributed by atoms with Crippen LogP contribution in [0.4, 0.5) is 0 Å². The first-order valence-electron chi connectivity index (χ1n) is 8.39. The summed E-state index contributed by atoms with van der Waals surface area (Å²) in [6.07, 6.45) is 8.62. The molecule has 1 atom stereocenters. The van der Waals surface area contributed by atoms with E-state index in [2.05, 4.69) is 40.5 Å². The Labute approximate surface area is 122 Å². The Bertz CT molecular complexity index is 446. The quantitative estimate of drug-likeness (QED) is 0.906. The summed E-state index contributed by atoms with van der Waals surface area (Å²) in [6.45, 7) is 3.75. The van der Waals surface area contributed by atoms with Crippen LogP contribution in [0.15, 0.2) is 30.3 Å². The second-order valence-corrected chi connectivity index (χ2v) is 7.12. The molecule has 1 unspecified atom stereocenters. The highest BCUT2D eigenvalue weighted by molar-refractivity contribution is 5.21. The lowest BCUT2D eigenvalue weighted by Crippen LogP contribution is -2.61. The predicted octanol–water partition coefficient (Wildman–Crippen LogP) is 3.36. The van der Waals surface area contributed by atoms with Gasteiger partial charge < -0.3 is 5.32 Å². The molecule has 0 amide bonds. The molecule has 20 heavy (non-hydrogen) atoms. The van der Waals surface area contributed by atoms with E-state index in [0.29, 0.717) is 11.6 Å². The molecule has 1 aromatic carbocycles. The van der Waals surface area contributed by atoms with Crippen molar-refractivity contribution < 1.29 is 0 Å². The Balaban J connectivity index is 1.53. The van der Waals surface area contributed by atoms with Crippen LogP contribution in [0.25, 0.3) is 0 Å². The molecule has 2 nitrogen and oxygen atoms in total. The van der Waals surface area contributed by atoms with Crippen LogP contribution in [-0.4, -0.2) is 30.1 Å². The second-order valence-electron chi connectivity index (χ2n) is 7.12. The molecule has 4 rings (SSSR count). The van der Waals surface area contributed by atoms with E-state index in [4.69, 9.17) is 0 Å². The highest BCUT2D eigenvalue weighted by Gasteiger charge is 2.45. The first kappa shape index (κ1) is 12.8. The van der Waals surface area contributed by atoms with E-state index in [-0.39, 0.29) is 0 Å². The Morgan fingerprint density at radius 2 is 1.85 bits per heavy atom. The third-order valence-electron chi connectivity index (χ3n) is 5.66. The lowest BCUT2D eigenvalue weighted by Gasteiger charge is -2.48. The van der Waals surface area contributed by atoms with Gasteiger partial charge in [0.1, 0.15) is 0 Å². The molecule has 2 aliphatic carbocycles. The van der Waals surface area contributed by atoms with E-state index in [1.54, 1.807) is 0 Å². The van der Waals surface area contributed by atoms with Gasteiger partial charge in [-0.3, -0.25) is 4.90 Å². The van der Waals surface area contributed by atoms with Crippen LogP contribution in [0.5, 0.6) is 0 Å². The Hall–Kier alpha value is -0.860. The summed E-state index contributed by atoms with van der Waals surface area (Å²) in [6, 6.07) is 11.5. The fraction of sp³-hybridized carbons (Fsp3) is 0.667. The molecule has 3 fully saturated rings. The van der Waals surface area contributed by atoms with Crippen molar-refractivity contribution >= 4 is 0 Å². The Morgan fingerprint density at radius 3 is 2.55 bits per heavy atom. The second kappa shape index (κ2) is 5.16. The summed E-state index contributed by atoms with van der Waals surface area (Å²) in [5, 5.41) is 3.85. The zero-order valence-corrected chi connectivity index (χ0v) is 12.4. The minimum atomic E-state index is 0.494. The molecule has 1 N–H and O–H groups in total. The molecule has 1 heterocycles. The summed E-state index contributed by atoms with van der Waals surface area (Å²) < 4.78 is 0. The fourth-order valence-corrected chi connectivity index (χ4v) is 4.22. The van der Waals surface area contributed by atoms with E-state index in [1.165, 1.54) is 63.7 Å². The van der Waals surface area contributed by atoms with E-state index >= 15 is 0 Å². The highest BCUT2D eigenvalue weighted by Crippen LogP contribution is 2.41. The summed E-state index contributed by atoms with van der Waals surface area (Å²) >= 11 is 0. The van der Waals surface area contributed by atoms with Gasteiger partial charge in [-0.15, -0.1) is 0 Å². The molecule has 2 heteroatoms. The van der Waals surface area contributed by atoms with Crippen molar-refractivity contribution in [2.45, 2.75) is 50.1 Å². The third-order valence-corrected chi connectivity index (χ3v) is 5.66. The van der Waals surface area contributed by atoms with Crippen molar-refractivity contribution in [3.05, 3.63) is 35.9 Å². The van der Waals surface area contributed by atoms with Gasteiger partial charge in [-0.05, 0) is 37.2 Å². The van der Waals surface area contributed by atoms with Gasteiger partial charge >= 0.3 is 0 Å². The van der Waals surface area contributed by atoms with Gasteiger partial charge in [0.2, 0.25) is 0 Å². The normalized spacial score (nSPS) is 29.9. The molecule has 1 saturated heterocycles. The Kier molecular flexibility index (Phi) is 3.31. The molecule has 108 valence electrons. The van der Waals surface area contributed by atoms with Crippen LogP contribution in [0.1, 0.15) is 50.1 Å². The molecular weight excluding hydrogens is 244 g/mol. The van der Waals surface area contributed by atoms with Crippen LogP contribution in [-0.2, 0) is 0 Å². The van der Waals surface area contributed by atoms with Gasteiger partial charge in [0.15, 0.2) is 0 Å². The van der Waals surface area contributed by atoms with Crippen LogP contribution in [0, 0.1) is 5.92 Å². The molecular formula is C18H26N2. The average molecular weight is 270 g/mol. The van der Waals surface area contributed by atoms with E-state index in [0.717, 1.165) is 5.92 Å². The minimum Gasteiger partial charge on any atom is -0.307 e. The molecule has 1 aromatic rings. The summed E-state index contributed by atoms with van der Waals surface area (Å²) in [5.74, 6) is 1.00. The van der Waals surface area contributed by atoms with Gasteiger partial charge in [-0.2, -0.15) is 0 Å². The fourth-order valence-electron chi connectivity index (χ4n) is 4.22. The van der Waals surface area contributed by atoms with Crippen molar-refractivity contribution in [3.8, 4) is 0 Å². The average Bonchev–Trinajstić information content (AvgIpc) is 3.20. The smallest absolute Gasteiger partial charge is 0.0450 e. The monoisotopic (exact) mass is 270 g/mol. The van der Waals surface area contributed by atoms with Crippen molar-refractivity contribution in [1.82, 2.24) is 10.2 Å². The van der Waals surface area contributed by atoms with Crippen molar-refractivity contribution in [1.29, 1.82) is 0 Å². The topological polar surface area (TPSA) is 15.3 Å². The summed E-state index contributed by atoms with van der Waals surface area (Å²) in [5.41, 5.74) is 1.95. The van der Waals surface area contributed by atoms with Crippen LogP contribution >= 0.6 is 0 Å². The van der Waals surface area contributed by atoms with E-state index in [9.17, 15) is 0 Å². The zero-order valence-electron chi connectivity index (χ0n) is 12.4. The standard InChI is InChI=1S/C18H26N2/c1-2-6-16(7-3-1)17-13-20(12-15-8-9-15)18(14-19-17)10-4-5-11-18/h1-3,6-7,15,17,19H,4-5,8-14H2. The van der Waals surface area contributed by atoms with E-state index in [1.807, 2.05) is 0 Å². The molecule has 3 aliphatic rings. The molecule has 0 aromatic heterocycles. The number of rotatable bonds is 3. The minimum absolute atomic E-state index is 0.494. The molecule has 2 saturated carbocycles. The largest absolute Gasteiger partial charge is 0.307 e. The lowest BCUT2D eigenvalue weighted by molar-refractivity contribution is 0.0385. The first-order valence-corrected chi connectivity index (χ1v) is 8.39. The molecule has 1 aliphatic heterocycles. The maximum absolute atomic E-state index is 3.85. The van der Waals surface area contributed by atoms with Crippen molar-refractivity contribution in [2.75, 3.05) is 19.6 Å². The van der Waals surface area contributed by atoms with Gasteiger partial charge in [0.05, 0.1) is 0 Å². The van der Waals surface area contributed by atoms with Crippen LogP contribution in [0.2, 0.25) is 0 Å². The Morgan fingerprint density at radius 1 is 1.10 bits per heavy atom. The highest BCUT2D eigenvalue weighted by atomic mass is 15.3. The van der Waals surface area contributed by atoms with E-state index < -0.39 is 0 Å². The van der Waals surface area contributed by atoms with Gasteiger partial charge in [0, 0.05) is 31.2 Å². The van der Waals surface area contributed by atoms with Gasteiger partial charge in [0.25, 0.3) is 0 Å². The van der Waals surface area contributed by atoms with Crippen LogP contribution in [0.3, 0.4) is 0 Å². The lowest BCUT2D eigenvalue weighted by atomic mass is 9.89. The van der Waals surface area contributed by atoms with Crippen molar-refractivity contribution in [2.24, 2.45) is 5.92 Å². The first-order chi connectivity index (χ1) is 9.86. The number of piperazine rings is 1. The molecule has 0 radical (unpaired) electrons. The maximum atomic E-state index is 3.85. The van der Waals surface area contributed by atoms with Crippen molar-refractivity contribution in [3.63, 3.8) is 0 Å². The number of hydrogen-bond acceptors (Lipinski definition) is 2. The number of hydrogen-bond donors (Lipinski definition) is 1.